The summed E-state index contributed by atoms with van der Waals surface area (Å²) in [4.78, 5) is 26.1. The van der Waals surface area contributed by atoms with Crippen LogP contribution >= 0.6 is 23.5 Å². The molecule has 4 aromatic carbocycles. The van der Waals surface area contributed by atoms with E-state index < -0.39 is 52.4 Å². The Morgan fingerprint density at radius 1 is 0.694 bits per heavy atom. The molecule has 0 heterocycles. The second-order valence-corrected chi connectivity index (χ2v) is 15.2. The minimum absolute atomic E-state index is 0.00729. The van der Waals surface area contributed by atoms with Crippen LogP contribution in [0.15, 0.2) is 71.6 Å². The number of nitrogens with zero attached hydrogens (tertiary/aromatic N) is 2. The van der Waals surface area contributed by atoms with Crippen molar-refractivity contribution < 1.29 is 36.6 Å². The van der Waals surface area contributed by atoms with Crippen molar-refractivity contribution >= 4 is 41.1 Å². The molecule has 12 heteroatoms. The van der Waals surface area contributed by atoms with Crippen LogP contribution in [0, 0.1) is 29.1 Å². The van der Waals surface area contributed by atoms with Crippen LogP contribution in [0.5, 0.6) is 0 Å². The Labute approximate surface area is 291 Å². The Kier molecular flexibility index (Phi) is 11.5. The molecule has 260 valence electrons. The molecule has 0 fully saturated rings. The molecule has 0 saturated carbocycles. The molecule has 0 spiro atoms. The highest BCUT2D eigenvalue weighted by Crippen LogP contribution is 2.35. The standard InChI is InChI=1S/C37H36ClF5N2O3S/c1-36(2,3)24-15-22(16-25(17-24)37(4,5)6)19-45(27-13-9-23(10-14-27)35(47)48)28(46)20-44(18-21-7-11-26(38)12-8-21)49-34-32(42)30(40)29(39)31(41)33(34)43/h7-17H,18-20H2,1-6H3,(H,47,48). The molecule has 0 aromatic heterocycles. The third-order valence-corrected chi connectivity index (χ3v) is 9.08. The summed E-state index contributed by atoms with van der Waals surface area (Å²) >= 11 is 6.24. The number of benzene rings is 4. The fourth-order valence-corrected chi connectivity index (χ4v) is 6.00. The summed E-state index contributed by atoms with van der Waals surface area (Å²) in [5, 5.41) is 9.86. The van der Waals surface area contributed by atoms with Crippen molar-refractivity contribution in [3.8, 4) is 0 Å². The van der Waals surface area contributed by atoms with Crippen molar-refractivity contribution in [2.45, 2.75) is 70.4 Å². The van der Waals surface area contributed by atoms with E-state index in [1.165, 1.54) is 33.5 Å². The van der Waals surface area contributed by atoms with E-state index in [9.17, 15) is 36.6 Å². The molecule has 0 radical (unpaired) electrons. The summed E-state index contributed by atoms with van der Waals surface area (Å²) in [6.07, 6.45) is 0. The summed E-state index contributed by atoms with van der Waals surface area (Å²) in [6.45, 7) is 11.7. The molecule has 4 rings (SSSR count). The van der Waals surface area contributed by atoms with Gasteiger partial charge in [0.25, 0.3) is 0 Å². The molecule has 0 unspecified atom stereocenters. The van der Waals surface area contributed by atoms with Crippen molar-refractivity contribution in [1.29, 1.82) is 0 Å². The lowest BCUT2D eigenvalue weighted by Crippen LogP contribution is -2.38. The minimum atomic E-state index is -2.29. The molecular formula is C37H36ClF5N2O3S. The maximum atomic E-state index is 14.8. The molecule has 1 amide bonds. The van der Waals surface area contributed by atoms with Crippen LogP contribution in [0.25, 0.3) is 0 Å². The summed E-state index contributed by atoms with van der Waals surface area (Å²) in [7, 11) is 0. The van der Waals surface area contributed by atoms with Crippen LogP contribution in [0.4, 0.5) is 27.6 Å². The number of hydrogen-bond donors (Lipinski definition) is 1. The summed E-state index contributed by atoms with van der Waals surface area (Å²) in [6, 6.07) is 18.1. The number of rotatable bonds is 10. The normalized spacial score (nSPS) is 12.0. The Morgan fingerprint density at radius 3 is 1.65 bits per heavy atom. The van der Waals surface area contributed by atoms with Gasteiger partial charge in [0.15, 0.2) is 23.3 Å². The third kappa shape index (κ3) is 9.20. The lowest BCUT2D eigenvalue weighted by Gasteiger charge is -2.30. The van der Waals surface area contributed by atoms with Crippen LogP contribution in [0.3, 0.4) is 0 Å². The second kappa shape index (κ2) is 14.9. The topological polar surface area (TPSA) is 60.9 Å². The number of carboxylic acid groups (broad SMARTS) is 1. The number of anilines is 1. The number of aromatic carboxylic acids is 1. The molecule has 1 N–H and O–H groups in total. The summed E-state index contributed by atoms with van der Waals surface area (Å²) < 4.78 is 73.1. The zero-order valence-corrected chi connectivity index (χ0v) is 29.4. The van der Waals surface area contributed by atoms with Gasteiger partial charge in [-0.05, 0) is 81.4 Å². The van der Waals surface area contributed by atoms with Crippen LogP contribution in [-0.2, 0) is 28.7 Å². The van der Waals surface area contributed by atoms with E-state index in [1.54, 1.807) is 24.3 Å². The zero-order valence-electron chi connectivity index (χ0n) is 27.8. The highest BCUT2D eigenvalue weighted by atomic mass is 35.5. The van der Waals surface area contributed by atoms with Crippen molar-refractivity contribution in [3.63, 3.8) is 0 Å². The SMILES string of the molecule is CC(C)(C)c1cc(CN(C(=O)CN(Cc2ccc(Cl)cc2)Sc2c(F)c(F)c(F)c(F)c2F)c2ccc(C(=O)O)cc2)cc(C(C)(C)C)c1. The smallest absolute Gasteiger partial charge is 0.335 e. The van der Waals surface area contributed by atoms with Crippen LogP contribution in [0.2, 0.25) is 5.02 Å². The second-order valence-electron chi connectivity index (χ2n) is 13.7. The first-order valence-electron chi connectivity index (χ1n) is 15.2. The summed E-state index contributed by atoms with van der Waals surface area (Å²) in [5.41, 5.74) is 3.20. The lowest BCUT2D eigenvalue weighted by molar-refractivity contribution is -0.118. The fourth-order valence-electron chi connectivity index (χ4n) is 4.88. The van der Waals surface area contributed by atoms with E-state index in [2.05, 4.69) is 47.6 Å². The average Bonchev–Trinajstić information content (AvgIpc) is 3.03. The van der Waals surface area contributed by atoms with Crippen LogP contribution in [-0.4, -0.2) is 27.8 Å². The van der Waals surface area contributed by atoms with Gasteiger partial charge in [-0.15, -0.1) is 0 Å². The highest BCUT2D eigenvalue weighted by Gasteiger charge is 2.30. The van der Waals surface area contributed by atoms with Crippen molar-refractivity contribution in [3.05, 3.63) is 129 Å². The molecule has 0 bridgehead atoms. The van der Waals surface area contributed by atoms with Gasteiger partial charge in [0, 0.05) is 17.3 Å². The average molecular weight is 719 g/mol. The van der Waals surface area contributed by atoms with E-state index in [0.717, 1.165) is 16.7 Å². The number of carboxylic acids is 1. The fraction of sp³-hybridized carbons (Fsp3) is 0.297. The highest BCUT2D eigenvalue weighted by molar-refractivity contribution is 7.97. The van der Waals surface area contributed by atoms with E-state index in [4.69, 9.17) is 11.6 Å². The number of hydrogen-bond acceptors (Lipinski definition) is 4. The molecule has 5 nitrogen and oxygen atoms in total. The Balaban J connectivity index is 1.80. The quantitative estimate of drug-likeness (QED) is 0.0766. The van der Waals surface area contributed by atoms with Gasteiger partial charge in [0.05, 0.1) is 18.7 Å². The number of carbonyl (C=O) groups excluding carboxylic acids is 1. The van der Waals surface area contributed by atoms with Gasteiger partial charge < -0.3 is 10.0 Å². The third-order valence-electron chi connectivity index (χ3n) is 7.77. The van der Waals surface area contributed by atoms with Crippen molar-refractivity contribution in [2.75, 3.05) is 11.4 Å². The monoisotopic (exact) mass is 718 g/mol. The number of halogens is 6. The Hall–Kier alpha value is -3.93. The molecule has 0 aliphatic carbocycles. The van der Waals surface area contributed by atoms with Gasteiger partial charge in [0.2, 0.25) is 11.7 Å². The van der Waals surface area contributed by atoms with E-state index in [0.29, 0.717) is 16.3 Å². The van der Waals surface area contributed by atoms with Gasteiger partial charge >= 0.3 is 5.97 Å². The molecule has 0 atom stereocenters. The van der Waals surface area contributed by atoms with E-state index >= 15 is 0 Å². The Morgan fingerprint density at radius 2 is 1.18 bits per heavy atom. The van der Waals surface area contributed by atoms with Crippen molar-refractivity contribution in [2.24, 2.45) is 0 Å². The first-order valence-corrected chi connectivity index (χ1v) is 16.4. The summed E-state index contributed by atoms with van der Waals surface area (Å²) in [5.74, 6) is -12.3. The van der Waals surface area contributed by atoms with Gasteiger partial charge in [-0.1, -0.05) is 83.5 Å². The first kappa shape index (κ1) is 37.9. The van der Waals surface area contributed by atoms with Crippen LogP contribution in [0.1, 0.15) is 74.2 Å². The molecule has 49 heavy (non-hydrogen) atoms. The maximum absolute atomic E-state index is 14.8. The van der Waals surface area contributed by atoms with Crippen LogP contribution < -0.4 is 4.90 Å². The maximum Gasteiger partial charge on any atom is 0.335 e. The number of carbonyl (C=O) groups is 2. The molecule has 0 saturated heterocycles. The minimum Gasteiger partial charge on any atom is -0.478 e. The molecular weight excluding hydrogens is 683 g/mol. The van der Waals surface area contributed by atoms with Gasteiger partial charge in [-0.25, -0.2) is 31.1 Å². The largest absolute Gasteiger partial charge is 0.478 e. The van der Waals surface area contributed by atoms with Crippen molar-refractivity contribution in [1.82, 2.24) is 4.31 Å². The molecule has 0 aliphatic heterocycles. The molecule has 0 aliphatic rings. The van der Waals surface area contributed by atoms with Gasteiger partial charge in [-0.2, -0.15) is 0 Å². The molecule has 4 aromatic rings. The lowest BCUT2D eigenvalue weighted by atomic mass is 9.79. The van der Waals surface area contributed by atoms with E-state index in [-0.39, 0.29) is 41.4 Å². The first-order chi connectivity index (χ1) is 22.8. The van der Waals surface area contributed by atoms with E-state index in [1.807, 2.05) is 12.1 Å². The zero-order chi connectivity index (χ0) is 36.4. The Bertz CT molecular complexity index is 1800. The predicted molar refractivity (Wildman–Crippen MR) is 182 cm³/mol. The number of amides is 1. The van der Waals surface area contributed by atoms with Gasteiger partial charge in [-0.3, -0.25) is 4.79 Å². The van der Waals surface area contributed by atoms with Gasteiger partial charge in [0.1, 0.15) is 4.90 Å². The predicted octanol–water partition coefficient (Wildman–Crippen LogP) is 10.1.